The van der Waals surface area contributed by atoms with E-state index >= 15 is 0 Å². The fourth-order valence-electron chi connectivity index (χ4n) is 4.84. The van der Waals surface area contributed by atoms with Gasteiger partial charge >= 0.3 is 6.09 Å². The summed E-state index contributed by atoms with van der Waals surface area (Å²) in [4.78, 5) is 49.8. The number of aromatic nitrogens is 3. The molecule has 4 rings (SSSR count). The summed E-state index contributed by atoms with van der Waals surface area (Å²) < 4.78 is 7.83. The van der Waals surface area contributed by atoms with E-state index in [1.165, 1.54) is 17.1 Å². The minimum absolute atomic E-state index is 0.173. The van der Waals surface area contributed by atoms with Crippen molar-refractivity contribution >= 4 is 39.4 Å². The molecule has 2 amide bonds. The van der Waals surface area contributed by atoms with E-state index in [4.69, 9.17) is 10.5 Å². The van der Waals surface area contributed by atoms with Gasteiger partial charge in [-0.05, 0) is 88.8 Å². The molecule has 0 saturated carbocycles. The van der Waals surface area contributed by atoms with Crippen LogP contribution in [0.1, 0.15) is 73.1 Å². The lowest BCUT2D eigenvalue weighted by Gasteiger charge is -2.37. The molecule has 0 radical (unpaired) electrons. The average Bonchev–Trinajstić information content (AvgIpc) is 2.84. The molecule has 11 heteroatoms. The van der Waals surface area contributed by atoms with Gasteiger partial charge in [-0.2, -0.15) is 0 Å². The Morgan fingerprint density at radius 1 is 1.13 bits per heavy atom. The highest BCUT2D eigenvalue weighted by molar-refractivity contribution is 9.10. The number of piperidine rings is 1. The lowest BCUT2D eigenvalue weighted by Crippen LogP contribution is -2.41. The Morgan fingerprint density at radius 3 is 2.49 bits per heavy atom. The monoisotopic (exact) mass is 596 g/mol. The van der Waals surface area contributed by atoms with E-state index in [2.05, 4.69) is 31.2 Å². The first kappa shape index (κ1) is 28.3. The number of amides is 2. The zero-order valence-corrected chi connectivity index (χ0v) is 24.3. The molecule has 0 aliphatic carbocycles. The number of hydrogen-bond donors (Lipinski definition) is 2. The van der Waals surface area contributed by atoms with Crippen molar-refractivity contribution in [2.75, 3.05) is 17.6 Å². The second-order valence-electron chi connectivity index (χ2n) is 10.7. The number of likely N-dealkylation sites (tertiary alicyclic amines) is 1. The number of carbonyl (C=O) groups is 2. The highest BCUT2D eigenvalue weighted by Gasteiger charge is 2.32. The first-order chi connectivity index (χ1) is 18.4. The number of nitrogens with two attached hydrogens (primary N) is 1. The van der Waals surface area contributed by atoms with E-state index in [0.29, 0.717) is 17.9 Å². The molecule has 3 N–H and O–H groups in total. The largest absolute Gasteiger partial charge is 0.444 e. The first-order valence-electron chi connectivity index (χ1n) is 12.8. The SMILES string of the molecule is Cc1cc(Br)cc(C)c1-n1cnc(N)c(C(=O)Nc2cncc([C@H]3CCCCN3C(=O)OC(C)(C)C)c2)c1=O. The number of anilines is 2. The van der Waals surface area contributed by atoms with Crippen molar-refractivity contribution < 1.29 is 14.3 Å². The number of carbonyl (C=O) groups excluding carboxylic acids is 2. The molecule has 1 aliphatic rings. The number of nitrogens with zero attached hydrogens (tertiary/aromatic N) is 4. The maximum Gasteiger partial charge on any atom is 0.410 e. The Hall–Kier alpha value is -3.73. The van der Waals surface area contributed by atoms with Gasteiger partial charge in [-0.25, -0.2) is 9.78 Å². The van der Waals surface area contributed by atoms with Crippen LogP contribution in [0.3, 0.4) is 0 Å². The molecule has 1 saturated heterocycles. The third-order valence-electron chi connectivity index (χ3n) is 6.46. The highest BCUT2D eigenvalue weighted by atomic mass is 79.9. The van der Waals surface area contributed by atoms with Crippen molar-refractivity contribution in [3.05, 3.63) is 74.0 Å². The van der Waals surface area contributed by atoms with Gasteiger partial charge in [-0.1, -0.05) is 15.9 Å². The molecule has 1 atom stereocenters. The summed E-state index contributed by atoms with van der Waals surface area (Å²) in [7, 11) is 0. The molecule has 3 aromatic rings. The topological polar surface area (TPSA) is 132 Å². The second-order valence-corrected chi connectivity index (χ2v) is 11.6. The van der Waals surface area contributed by atoms with Crippen LogP contribution in [-0.2, 0) is 4.74 Å². The Bertz CT molecular complexity index is 1460. The zero-order chi connectivity index (χ0) is 28.5. The van der Waals surface area contributed by atoms with Crippen molar-refractivity contribution in [1.29, 1.82) is 0 Å². The molecule has 0 spiro atoms. The minimum Gasteiger partial charge on any atom is -0.444 e. The van der Waals surface area contributed by atoms with E-state index in [1.54, 1.807) is 17.2 Å². The van der Waals surface area contributed by atoms with Crippen LogP contribution in [-0.4, -0.2) is 43.6 Å². The van der Waals surface area contributed by atoms with E-state index in [0.717, 1.165) is 40.4 Å². The van der Waals surface area contributed by atoms with Crippen molar-refractivity contribution in [3.63, 3.8) is 0 Å². The molecular weight excluding hydrogens is 564 g/mol. The zero-order valence-electron chi connectivity index (χ0n) is 22.7. The predicted octanol–water partition coefficient (Wildman–Crippen LogP) is 5.30. The van der Waals surface area contributed by atoms with Crippen LogP contribution in [0.15, 0.2) is 46.2 Å². The van der Waals surface area contributed by atoms with Crippen LogP contribution < -0.4 is 16.6 Å². The van der Waals surface area contributed by atoms with Gasteiger partial charge in [0.15, 0.2) is 0 Å². The molecule has 0 unspecified atom stereocenters. The summed E-state index contributed by atoms with van der Waals surface area (Å²) in [5.41, 5.74) is 7.98. The molecule has 1 aromatic carbocycles. The van der Waals surface area contributed by atoms with E-state index in [-0.39, 0.29) is 23.5 Å². The number of aryl methyl sites for hydroxylation is 2. The van der Waals surface area contributed by atoms with Crippen LogP contribution in [0, 0.1) is 13.8 Å². The summed E-state index contributed by atoms with van der Waals surface area (Å²) in [6.45, 7) is 9.81. The Labute approximate surface area is 235 Å². The van der Waals surface area contributed by atoms with Gasteiger partial charge in [0, 0.05) is 17.2 Å². The molecule has 206 valence electrons. The van der Waals surface area contributed by atoms with Crippen LogP contribution >= 0.6 is 15.9 Å². The minimum atomic E-state index is -0.696. The molecule has 1 fully saturated rings. The van der Waals surface area contributed by atoms with Gasteiger partial charge in [-0.3, -0.25) is 19.1 Å². The lowest BCUT2D eigenvalue weighted by atomic mass is 9.96. The van der Waals surface area contributed by atoms with Gasteiger partial charge in [0.1, 0.15) is 23.3 Å². The molecule has 2 aromatic heterocycles. The molecule has 1 aliphatic heterocycles. The van der Waals surface area contributed by atoms with E-state index in [1.807, 2.05) is 46.8 Å². The third-order valence-corrected chi connectivity index (χ3v) is 6.92. The number of benzene rings is 1. The second kappa shape index (κ2) is 11.2. The van der Waals surface area contributed by atoms with E-state index in [9.17, 15) is 14.4 Å². The number of rotatable bonds is 4. The molecule has 10 nitrogen and oxygen atoms in total. The Morgan fingerprint density at radius 2 is 1.82 bits per heavy atom. The fraction of sp³-hybridized carbons (Fsp3) is 0.393. The maximum absolute atomic E-state index is 13.5. The number of pyridine rings is 1. The number of halogens is 1. The third kappa shape index (κ3) is 6.30. The number of hydrogen-bond acceptors (Lipinski definition) is 7. The van der Waals surface area contributed by atoms with E-state index < -0.39 is 17.1 Å². The predicted molar refractivity (Wildman–Crippen MR) is 153 cm³/mol. The summed E-state index contributed by atoms with van der Waals surface area (Å²) in [6.07, 6.45) is 6.66. The molecule has 3 heterocycles. The number of ether oxygens (including phenoxy) is 1. The summed E-state index contributed by atoms with van der Waals surface area (Å²) in [5.74, 6) is -0.868. The summed E-state index contributed by atoms with van der Waals surface area (Å²) in [5, 5.41) is 2.74. The van der Waals surface area contributed by atoms with Gasteiger partial charge < -0.3 is 20.7 Å². The van der Waals surface area contributed by atoms with Gasteiger partial charge in [0.2, 0.25) is 0 Å². The number of nitrogens with one attached hydrogen (secondary N) is 1. The van der Waals surface area contributed by atoms with Crippen LogP contribution in [0.5, 0.6) is 0 Å². The van der Waals surface area contributed by atoms with Crippen LogP contribution in [0.2, 0.25) is 0 Å². The lowest BCUT2D eigenvalue weighted by molar-refractivity contribution is 0.00947. The standard InChI is InChI=1S/C28H33BrN6O4/c1-16-10-19(29)11-17(2)23(16)35-15-32-24(30)22(26(35)37)25(36)33-20-12-18(13-31-14-20)21-8-6-7-9-34(21)27(38)39-28(3,4)5/h10-15,21H,6-9,30H2,1-5H3,(H,33,36)/t21-/m1/s1. The first-order valence-corrected chi connectivity index (χ1v) is 13.5. The Balaban J connectivity index is 1.63. The summed E-state index contributed by atoms with van der Waals surface area (Å²) >= 11 is 3.46. The van der Waals surface area contributed by atoms with Crippen LogP contribution in [0.25, 0.3) is 5.69 Å². The quantitative estimate of drug-likeness (QED) is 0.417. The van der Waals surface area contributed by atoms with Crippen LogP contribution in [0.4, 0.5) is 16.3 Å². The van der Waals surface area contributed by atoms with Gasteiger partial charge in [-0.15, -0.1) is 0 Å². The highest BCUT2D eigenvalue weighted by Crippen LogP contribution is 2.33. The van der Waals surface area contributed by atoms with Crippen molar-refractivity contribution in [1.82, 2.24) is 19.4 Å². The molecule has 0 bridgehead atoms. The number of nitrogen functional groups attached to an aromatic ring is 1. The fourth-order valence-corrected chi connectivity index (χ4v) is 5.53. The molecule has 39 heavy (non-hydrogen) atoms. The van der Waals surface area contributed by atoms with Crippen molar-refractivity contribution in [3.8, 4) is 5.69 Å². The van der Waals surface area contributed by atoms with Gasteiger partial charge in [0.25, 0.3) is 11.5 Å². The van der Waals surface area contributed by atoms with Crippen molar-refractivity contribution in [2.24, 2.45) is 0 Å². The van der Waals surface area contributed by atoms with Crippen molar-refractivity contribution in [2.45, 2.75) is 65.5 Å². The maximum atomic E-state index is 13.5. The normalized spacial score (nSPS) is 15.6. The average molecular weight is 598 g/mol. The summed E-state index contributed by atoms with van der Waals surface area (Å²) in [6, 6.07) is 5.27. The molecular formula is C28H33BrN6O4. The Kier molecular flexibility index (Phi) is 8.10. The smallest absolute Gasteiger partial charge is 0.410 e. The van der Waals surface area contributed by atoms with Gasteiger partial charge in [0.05, 0.1) is 23.6 Å².